The summed E-state index contributed by atoms with van der Waals surface area (Å²) in [5.41, 5.74) is 4.49. The van der Waals surface area contributed by atoms with Crippen LogP contribution in [0.25, 0.3) is 16.9 Å². The molecule has 1 atom stereocenters. The van der Waals surface area contributed by atoms with Gasteiger partial charge in [-0.3, -0.25) is 0 Å². The SMILES string of the molecule is COc1cc(OC)cc(C2=NN(S(=O)(=O)c3ccccc3)[C@H](c3cn(-c4ccccc4)nc3-c3ccccc3)C2)c1. The number of sulfonamides is 1. The summed E-state index contributed by atoms with van der Waals surface area (Å²) in [7, 11) is -0.861. The van der Waals surface area contributed by atoms with Crippen molar-refractivity contribution in [3.8, 4) is 28.4 Å². The first kappa shape index (κ1) is 26.3. The van der Waals surface area contributed by atoms with Gasteiger partial charge in [-0.25, -0.2) is 4.68 Å². The van der Waals surface area contributed by atoms with Crippen LogP contribution in [0, 0.1) is 0 Å². The van der Waals surface area contributed by atoms with Gasteiger partial charge in [0.2, 0.25) is 0 Å². The zero-order chi connectivity index (χ0) is 28.4. The van der Waals surface area contributed by atoms with Crippen molar-refractivity contribution in [3.63, 3.8) is 0 Å². The van der Waals surface area contributed by atoms with Crippen LogP contribution in [0.15, 0.2) is 125 Å². The molecule has 1 aromatic heterocycles. The van der Waals surface area contributed by atoms with E-state index in [-0.39, 0.29) is 4.90 Å². The van der Waals surface area contributed by atoms with E-state index in [0.717, 1.165) is 16.8 Å². The highest BCUT2D eigenvalue weighted by molar-refractivity contribution is 7.89. The molecule has 41 heavy (non-hydrogen) atoms. The Morgan fingerprint density at radius 3 is 1.95 bits per heavy atom. The number of rotatable bonds is 8. The summed E-state index contributed by atoms with van der Waals surface area (Å²) >= 11 is 0. The van der Waals surface area contributed by atoms with Crippen LogP contribution >= 0.6 is 0 Å². The Morgan fingerprint density at radius 2 is 1.34 bits per heavy atom. The third kappa shape index (κ3) is 5.07. The van der Waals surface area contributed by atoms with E-state index in [4.69, 9.17) is 19.7 Å². The molecular formula is C32H28N4O4S. The molecule has 0 saturated carbocycles. The van der Waals surface area contributed by atoms with Crippen LogP contribution in [-0.4, -0.2) is 42.5 Å². The fourth-order valence-electron chi connectivity index (χ4n) is 4.96. The van der Waals surface area contributed by atoms with Crippen molar-refractivity contribution in [2.75, 3.05) is 14.2 Å². The van der Waals surface area contributed by atoms with Crippen molar-refractivity contribution < 1.29 is 17.9 Å². The van der Waals surface area contributed by atoms with E-state index < -0.39 is 16.1 Å². The normalized spacial score (nSPS) is 15.0. The highest BCUT2D eigenvalue weighted by atomic mass is 32.2. The van der Waals surface area contributed by atoms with Gasteiger partial charge in [0.25, 0.3) is 10.0 Å². The average molecular weight is 565 g/mol. The number of benzene rings is 4. The molecule has 0 N–H and O–H groups in total. The summed E-state index contributed by atoms with van der Waals surface area (Å²) in [6, 6.07) is 32.7. The van der Waals surface area contributed by atoms with Crippen molar-refractivity contribution in [2.45, 2.75) is 17.4 Å². The molecule has 1 aliphatic rings. The van der Waals surface area contributed by atoms with Crippen LogP contribution < -0.4 is 9.47 Å². The summed E-state index contributed by atoms with van der Waals surface area (Å²) in [4.78, 5) is 0.162. The molecular weight excluding hydrogens is 536 g/mol. The fraction of sp³-hybridized carbons (Fsp3) is 0.125. The van der Waals surface area contributed by atoms with Crippen LogP contribution in [-0.2, 0) is 10.0 Å². The number of aromatic nitrogens is 2. The van der Waals surface area contributed by atoms with Gasteiger partial charge in [0, 0.05) is 35.4 Å². The Bertz CT molecular complexity index is 1780. The van der Waals surface area contributed by atoms with Gasteiger partial charge in [-0.2, -0.15) is 23.0 Å². The summed E-state index contributed by atoms with van der Waals surface area (Å²) in [5.74, 6) is 1.18. The molecule has 0 radical (unpaired) electrons. The summed E-state index contributed by atoms with van der Waals surface area (Å²) < 4.78 is 42.2. The molecule has 0 unspecified atom stereocenters. The second kappa shape index (κ2) is 10.9. The van der Waals surface area contributed by atoms with Crippen molar-refractivity contribution in [3.05, 3.63) is 127 Å². The molecule has 206 valence electrons. The number of nitrogens with zero attached hydrogens (tertiary/aromatic N) is 4. The predicted octanol–water partition coefficient (Wildman–Crippen LogP) is 6.10. The standard InChI is InChI=1S/C32H28N4O4S/c1-39-26-18-24(19-27(20-26)40-2)30-21-31(36(33-30)41(37,38)28-16-10-5-11-17-28)29-22-35(25-14-8-4-9-15-25)34-32(29)23-12-6-3-7-13-23/h3-20,22,31H,21H2,1-2H3/t31-/m0/s1. The van der Waals surface area contributed by atoms with E-state index in [0.29, 0.717) is 34.9 Å². The first-order valence-electron chi connectivity index (χ1n) is 13.1. The van der Waals surface area contributed by atoms with E-state index >= 15 is 0 Å². The monoisotopic (exact) mass is 564 g/mol. The molecule has 0 fully saturated rings. The number of methoxy groups -OCH3 is 2. The smallest absolute Gasteiger partial charge is 0.279 e. The summed E-state index contributed by atoms with van der Waals surface area (Å²) in [5, 5.41) is 9.69. The van der Waals surface area contributed by atoms with Gasteiger partial charge in [0.15, 0.2) is 0 Å². The minimum atomic E-state index is -4.02. The second-order valence-electron chi connectivity index (χ2n) is 9.54. The average Bonchev–Trinajstić information content (AvgIpc) is 3.68. The lowest BCUT2D eigenvalue weighted by atomic mass is 9.97. The summed E-state index contributed by atoms with van der Waals surface area (Å²) in [6.07, 6.45) is 2.23. The maximum absolute atomic E-state index is 14.1. The number of hydrazone groups is 1. The van der Waals surface area contributed by atoms with E-state index in [2.05, 4.69) is 0 Å². The third-order valence-corrected chi connectivity index (χ3v) is 8.71. The van der Waals surface area contributed by atoms with Crippen molar-refractivity contribution in [1.29, 1.82) is 0 Å². The fourth-order valence-corrected chi connectivity index (χ4v) is 6.40. The Morgan fingerprint density at radius 1 is 0.756 bits per heavy atom. The highest BCUT2D eigenvalue weighted by Gasteiger charge is 2.40. The molecule has 6 rings (SSSR count). The topological polar surface area (TPSA) is 86.0 Å². The van der Waals surface area contributed by atoms with Gasteiger partial charge < -0.3 is 9.47 Å². The minimum absolute atomic E-state index is 0.162. The second-order valence-corrected chi connectivity index (χ2v) is 11.3. The van der Waals surface area contributed by atoms with Crippen LogP contribution in [0.2, 0.25) is 0 Å². The first-order valence-corrected chi connectivity index (χ1v) is 14.5. The molecule has 0 saturated heterocycles. The van der Waals surface area contributed by atoms with Crippen molar-refractivity contribution >= 4 is 15.7 Å². The van der Waals surface area contributed by atoms with Gasteiger partial charge in [-0.1, -0.05) is 66.7 Å². The van der Waals surface area contributed by atoms with E-state index in [1.54, 1.807) is 55.3 Å². The number of ether oxygens (including phenoxy) is 2. The number of hydrogen-bond acceptors (Lipinski definition) is 6. The molecule has 2 heterocycles. The van der Waals surface area contributed by atoms with Crippen LogP contribution in [0.4, 0.5) is 0 Å². The van der Waals surface area contributed by atoms with Gasteiger partial charge >= 0.3 is 0 Å². The van der Waals surface area contributed by atoms with Gasteiger partial charge in [0.1, 0.15) is 11.5 Å². The van der Waals surface area contributed by atoms with E-state index in [1.165, 1.54) is 4.41 Å². The third-order valence-electron chi connectivity index (χ3n) is 7.01. The Hall–Kier alpha value is -4.89. The maximum atomic E-state index is 14.1. The lowest BCUT2D eigenvalue weighted by Crippen LogP contribution is -2.27. The van der Waals surface area contributed by atoms with Crippen LogP contribution in [0.1, 0.15) is 23.6 Å². The highest BCUT2D eigenvalue weighted by Crippen LogP contribution is 2.41. The largest absolute Gasteiger partial charge is 0.497 e. The maximum Gasteiger partial charge on any atom is 0.279 e. The van der Waals surface area contributed by atoms with E-state index in [1.807, 2.05) is 79.0 Å². The molecule has 0 bridgehead atoms. The van der Waals surface area contributed by atoms with Gasteiger partial charge in [-0.05, 0) is 36.4 Å². The molecule has 5 aromatic rings. The van der Waals surface area contributed by atoms with Gasteiger partial charge in [0.05, 0.1) is 42.2 Å². The molecule has 9 heteroatoms. The molecule has 0 spiro atoms. The molecule has 0 amide bonds. The molecule has 0 aliphatic carbocycles. The van der Waals surface area contributed by atoms with Gasteiger partial charge in [-0.15, -0.1) is 0 Å². The van der Waals surface area contributed by atoms with Crippen LogP contribution in [0.3, 0.4) is 0 Å². The van der Waals surface area contributed by atoms with Crippen molar-refractivity contribution in [1.82, 2.24) is 14.2 Å². The molecule has 4 aromatic carbocycles. The zero-order valence-corrected chi connectivity index (χ0v) is 23.4. The Kier molecular flexibility index (Phi) is 7.03. The Labute approximate surface area is 239 Å². The zero-order valence-electron chi connectivity index (χ0n) is 22.6. The number of hydrogen-bond donors (Lipinski definition) is 0. The minimum Gasteiger partial charge on any atom is -0.497 e. The quantitative estimate of drug-likeness (QED) is 0.227. The van der Waals surface area contributed by atoms with E-state index in [9.17, 15) is 8.42 Å². The Balaban J connectivity index is 1.53. The lowest BCUT2D eigenvalue weighted by molar-refractivity contribution is 0.372. The lowest BCUT2D eigenvalue weighted by Gasteiger charge is -2.23. The van der Waals surface area contributed by atoms with Crippen molar-refractivity contribution in [2.24, 2.45) is 5.10 Å². The number of para-hydroxylation sites is 1. The summed E-state index contributed by atoms with van der Waals surface area (Å²) in [6.45, 7) is 0. The molecule has 1 aliphatic heterocycles. The predicted molar refractivity (Wildman–Crippen MR) is 158 cm³/mol. The molecule has 8 nitrogen and oxygen atoms in total. The first-order chi connectivity index (χ1) is 20.0. The van der Waals surface area contributed by atoms with Crippen LogP contribution in [0.5, 0.6) is 11.5 Å².